The summed E-state index contributed by atoms with van der Waals surface area (Å²) in [5.41, 5.74) is 2.26. The minimum Gasteiger partial charge on any atom is -0.426 e. The van der Waals surface area contributed by atoms with Gasteiger partial charge in [0.2, 0.25) is 0 Å². The number of aryl methyl sites for hydroxylation is 2. The largest absolute Gasteiger partial charge is 0.426 e. The number of ether oxygens (including phenoxy) is 1. The summed E-state index contributed by atoms with van der Waals surface area (Å²) in [7, 11) is 0. The van der Waals surface area contributed by atoms with Crippen molar-refractivity contribution in [2.24, 2.45) is 0 Å². The number of hydrogen-bond acceptors (Lipinski definition) is 2. The van der Waals surface area contributed by atoms with E-state index in [1.807, 2.05) is 54.6 Å². The van der Waals surface area contributed by atoms with Crippen molar-refractivity contribution >= 4 is 5.97 Å². The molecule has 0 saturated carbocycles. The highest BCUT2D eigenvalue weighted by atomic mass is 16.5. The molecule has 20 heavy (non-hydrogen) atoms. The van der Waals surface area contributed by atoms with Crippen molar-refractivity contribution in [3.05, 3.63) is 65.7 Å². The summed E-state index contributed by atoms with van der Waals surface area (Å²) >= 11 is 0. The van der Waals surface area contributed by atoms with E-state index in [9.17, 15) is 4.79 Å². The highest BCUT2D eigenvalue weighted by Crippen LogP contribution is 2.20. The molecule has 0 fully saturated rings. The lowest BCUT2D eigenvalue weighted by Crippen LogP contribution is -2.10. The molecule has 0 bridgehead atoms. The van der Waals surface area contributed by atoms with Gasteiger partial charge in [-0.25, -0.2) is 0 Å². The van der Waals surface area contributed by atoms with Gasteiger partial charge >= 0.3 is 5.97 Å². The molecule has 104 valence electrons. The molecule has 0 aliphatic heterocycles. The maximum atomic E-state index is 11.9. The third kappa shape index (κ3) is 4.23. The van der Waals surface area contributed by atoms with Crippen molar-refractivity contribution in [3.8, 4) is 5.75 Å². The molecule has 2 nitrogen and oxygen atoms in total. The Kier molecular flexibility index (Phi) is 5.36. The molecule has 2 aromatic carbocycles. The van der Waals surface area contributed by atoms with E-state index >= 15 is 0 Å². The van der Waals surface area contributed by atoms with Crippen LogP contribution in [-0.4, -0.2) is 5.97 Å². The standard InChI is InChI=1S/C18H20O2/c1-2-8-16-11-6-7-12-17(16)20-18(19)14-13-15-9-4-3-5-10-15/h3-7,9-12H,2,8,13-14H2,1H3. The van der Waals surface area contributed by atoms with Gasteiger partial charge in [0.15, 0.2) is 0 Å². The third-order valence-electron chi connectivity index (χ3n) is 3.18. The van der Waals surface area contributed by atoms with Gasteiger partial charge in [0, 0.05) is 6.42 Å². The van der Waals surface area contributed by atoms with Crippen molar-refractivity contribution in [2.75, 3.05) is 0 Å². The summed E-state index contributed by atoms with van der Waals surface area (Å²) < 4.78 is 5.48. The van der Waals surface area contributed by atoms with Crippen LogP contribution in [0.1, 0.15) is 30.9 Å². The number of carbonyl (C=O) groups is 1. The first-order valence-electron chi connectivity index (χ1n) is 7.12. The fourth-order valence-electron chi connectivity index (χ4n) is 2.14. The average molecular weight is 268 g/mol. The number of hydrogen-bond donors (Lipinski definition) is 0. The van der Waals surface area contributed by atoms with Gasteiger partial charge in [-0.15, -0.1) is 0 Å². The first-order chi connectivity index (χ1) is 9.79. The second-order valence-electron chi connectivity index (χ2n) is 4.82. The Balaban J connectivity index is 1.91. The van der Waals surface area contributed by atoms with Crippen LogP contribution < -0.4 is 4.74 Å². The van der Waals surface area contributed by atoms with Crippen molar-refractivity contribution in [1.29, 1.82) is 0 Å². The number of carbonyl (C=O) groups excluding carboxylic acids is 1. The van der Waals surface area contributed by atoms with Gasteiger partial charge in [0.25, 0.3) is 0 Å². The monoisotopic (exact) mass is 268 g/mol. The molecule has 0 saturated heterocycles. The van der Waals surface area contributed by atoms with Gasteiger partial charge in [0.05, 0.1) is 0 Å². The maximum absolute atomic E-state index is 11.9. The lowest BCUT2D eigenvalue weighted by Gasteiger charge is -2.09. The van der Waals surface area contributed by atoms with E-state index in [4.69, 9.17) is 4.74 Å². The summed E-state index contributed by atoms with van der Waals surface area (Å²) in [4.78, 5) is 11.9. The number of esters is 1. The Morgan fingerprint density at radius 1 is 0.950 bits per heavy atom. The highest BCUT2D eigenvalue weighted by molar-refractivity contribution is 5.73. The van der Waals surface area contributed by atoms with Crippen LogP contribution in [0.5, 0.6) is 5.75 Å². The summed E-state index contributed by atoms with van der Waals surface area (Å²) in [6, 6.07) is 17.8. The maximum Gasteiger partial charge on any atom is 0.311 e. The van der Waals surface area contributed by atoms with E-state index < -0.39 is 0 Å². The molecule has 0 radical (unpaired) electrons. The minimum absolute atomic E-state index is 0.169. The molecule has 0 unspecified atom stereocenters. The van der Waals surface area contributed by atoms with Crippen LogP contribution in [0.25, 0.3) is 0 Å². The van der Waals surface area contributed by atoms with Gasteiger partial charge in [-0.05, 0) is 30.0 Å². The van der Waals surface area contributed by atoms with Gasteiger partial charge in [-0.1, -0.05) is 61.9 Å². The molecule has 0 N–H and O–H groups in total. The molecule has 0 aromatic heterocycles. The normalized spacial score (nSPS) is 10.2. The molecule has 0 amide bonds. The molecule has 0 spiro atoms. The Morgan fingerprint density at radius 3 is 2.40 bits per heavy atom. The lowest BCUT2D eigenvalue weighted by atomic mass is 10.1. The summed E-state index contributed by atoms with van der Waals surface area (Å²) in [5.74, 6) is 0.532. The van der Waals surface area contributed by atoms with Gasteiger partial charge in [0.1, 0.15) is 5.75 Å². The predicted octanol–water partition coefficient (Wildman–Crippen LogP) is 4.18. The molecule has 0 heterocycles. The molecular weight excluding hydrogens is 248 g/mol. The topological polar surface area (TPSA) is 26.3 Å². The molecular formula is C18H20O2. The summed E-state index contributed by atoms with van der Waals surface area (Å²) in [6.07, 6.45) is 3.10. The summed E-state index contributed by atoms with van der Waals surface area (Å²) in [5, 5.41) is 0. The zero-order chi connectivity index (χ0) is 14.2. The Labute approximate surface area is 120 Å². The first kappa shape index (κ1) is 14.3. The van der Waals surface area contributed by atoms with Crippen LogP contribution in [0.4, 0.5) is 0 Å². The van der Waals surface area contributed by atoms with E-state index in [1.165, 1.54) is 0 Å². The lowest BCUT2D eigenvalue weighted by molar-refractivity contribution is -0.134. The number of benzene rings is 2. The Bertz CT molecular complexity index is 546. The van der Waals surface area contributed by atoms with Gasteiger partial charge in [-0.3, -0.25) is 4.79 Å². The van der Waals surface area contributed by atoms with Crippen LogP contribution in [-0.2, 0) is 17.6 Å². The number of rotatable bonds is 6. The molecule has 2 heteroatoms. The molecule has 2 rings (SSSR count). The highest BCUT2D eigenvalue weighted by Gasteiger charge is 2.08. The SMILES string of the molecule is CCCc1ccccc1OC(=O)CCc1ccccc1. The van der Waals surface area contributed by atoms with E-state index in [0.717, 1.165) is 30.4 Å². The van der Waals surface area contributed by atoms with Crippen molar-refractivity contribution < 1.29 is 9.53 Å². The first-order valence-corrected chi connectivity index (χ1v) is 7.12. The molecule has 0 atom stereocenters. The van der Waals surface area contributed by atoms with Crippen molar-refractivity contribution in [1.82, 2.24) is 0 Å². The van der Waals surface area contributed by atoms with E-state index in [1.54, 1.807) is 0 Å². The average Bonchev–Trinajstić information content (AvgIpc) is 2.49. The van der Waals surface area contributed by atoms with Crippen LogP contribution in [0.15, 0.2) is 54.6 Å². The Morgan fingerprint density at radius 2 is 1.65 bits per heavy atom. The van der Waals surface area contributed by atoms with Crippen LogP contribution >= 0.6 is 0 Å². The van der Waals surface area contributed by atoms with Crippen molar-refractivity contribution in [3.63, 3.8) is 0 Å². The Hall–Kier alpha value is -2.09. The third-order valence-corrected chi connectivity index (χ3v) is 3.18. The van der Waals surface area contributed by atoms with E-state index in [-0.39, 0.29) is 5.97 Å². The quantitative estimate of drug-likeness (QED) is 0.580. The van der Waals surface area contributed by atoms with Gasteiger partial charge < -0.3 is 4.74 Å². The van der Waals surface area contributed by atoms with Gasteiger partial charge in [-0.2, -0.15) is 0 Å². The van der Waals surface area contributed by atoms with Crippen molar-refractivity contribution in [2.45, 2.75) is 32.6 Å². The van der Waals surface area contributed by atoms with E-state index in [2.05, 4.69) is 6.92 Å². The molecule has 0 aliphatic rings. The fourth-order valence-corrected chi connectivity index (χ4v) is 2.14. The smallest absolute Gasteiger partial charge is 0.311 e. The van der Waals surface area contributed by atoms with Crippen LogP contribution in [0.2, 0.25) is 0 Å². The zero-order valence-electron chi connectivity index (χ0n) is 11.8. The second-order valence-corrected chi connectivity index (χ2v) is 4.82. The summed E-state index contributed by atoms with van der Waals surface area (Å²) in [6.45, 7) is 2.12. The van der Waals surface area contributed by atoms with E-state index in [0.29, 0.717) is 12.2 Å². The zero-order valence-corrected chi connectivity index (χ0v) is 11.8. The van der Waals surface area contributed by atoms with Crippen LogP contribution in [0.3, 0.4) is 0 Å². The predicted molar refractivity (Wildman–Crippen MR) is 80.8 cm³/mol. The fraction of sp³-hybridized carbons (Fsp3) is 0.278. The van der Waals surface area contributed by atoms with Crippen LogP contribution in [0, 0.1) is 0 Å². The second kappa shape index (κ2) is 7.49. The molecule has 2 aromatic rings. The molecule has 0 aliphatic carbocycles. The minimum atomic E-state index is -0.169. The number of para-hydroxylation sites is 1.